The molecule has 1 aromatic carbocycles. The Hall–Kier alpha value is -1.99. The van der Waals surface area contributed by atoms with Crippen molar-refractivity contribution >= 4 is 49.1 Å². The van der Waals surface area contributed by atoms with Crippen molar-refractivity contribution in [1.82, 2.24) is 9.55 Å². The van der Waals surface area contributed by atoms with Crippen molar-refractivity contribution in [3.05, 3.63) is 55.4 Å². The van der Waals surface area contributed by atoms with Crippen molar-refractivity contribution in [3.8, 4) is 0 Å². The van der Waals surface area contributed by atoms with E-state index in [0.29, 0.717) is 5.39 Å². The minimum absolute atomic E-state index is 0.0398. The minimum atomic E-state index is -0.234. The van der Waals surface area contributed by atoms with Crippen molar-refractivity contribution in [2.45, 2.75) is 39.2 Å². The van der Waals surface area contributed by atoms with Crippen LogP contribution in [0, 0.1) is 6.92 Å². The normalized spacial score (nSPS) is 13.6. The van der Waals surface area contributed by atoms with E-state index >= 15 is 0 Å². The quantitative estimate of drug-likeness (QED) is 0.680. The number of anilines is 1. The van der Waals surface area contributed by atoms with E-state index in [1.807, 2.05) is 25.1 Å². The third kappa shape index (κ3) is 3.21. The lowest BCUT2D eigenvalue weighted by Crippen LogP contribution is -2.28. The van der Waals surface area contributed by atoms with Gasteiger partial charge in [0.1, 0.15) is 11.4 Å². The third-order valence-electron chi connectivity index (χ3n) is 4.72. The zero-order valence-corrected chi connectivity index (χ0v) is 16.7. The molecule has 0 radical (unpaired) electrons. The van der Waals surface area contributed by atoms with Crippen LogP contribution in [0.2, 0.25) is 0 Å². The first-order valence-electron chi connectivity index (χ1n) is 8.58. The van der Waals surface area contributed by atoms with Crippen LogP contribution in [0.5, 0.6) is 0 Å². The summed E-state index contributed by atoms with van der Waals surface area (Å²) in [5.74, 6) is -0.234. The molecule has 4 rings (SSSR count). The third-order valence-corrected chi connectivity index (χ3v) is 6.41. The molecule has 0 spiro atoms. The molecule has 26 heavy (non-hydrogen) atoms. The molecule has 2 aromatic heterocycles. The Labute approximate surface area is 163 Å². The number of hydrogen-bond acceptors (Lipinski definition) is 4. The molecule has 3 aromatic rings. The molecular formula is C19H18BrN3O2S. The van der Waals surface area contributed by atoms with E-state index in [-0.39, 0.29) is 18.0 Å². The number of thiophene rings is 1. The number of benzene rings is 1. The molecule has 0 fully saturated rings. The van der Waals surface area contributed by atoms with Gasteiger partial charge in [-0.15, -0.1) is 11.3 Å². The predicted molar refractivity (Wildman–Crippen MR) is 108 cm³/mol. The Bertz CT molecular complexity index is 1070. The molecule has 1 N–H and O–H groups in total. The molecule has 0 atom stereocenters. The van der Waals surface area contributed by atoms with E-state index in [2.05, 4.69) is 26.2 Å². The van der Waals surface area contributed by atoms with E-state index in [1.54, 1.807) is 11.3 Å². The van der Waals surface area contributed by atoms with Crippen LogP contribution < -0.4 is 10.9 Å². The molecule has 1 aliphatic carbocycles. The summed E-state index contributed by atoms with van der Waals surface area (Å²) in [6.07, 6.45) is 5.72. The Kier molecular flexibility index (Phi) is 4.67. The summed E-state index contributed by atoms with van der Waals surface area (Å²) >= 11 is 5.03. The van der Waals surface area contributed by atoms with Crippen LogP contribution in [0.1, 0.15) is 28.8 Å². The van der Waals surface area contributed by atoms with Gasteiger partial charge in [0.15, 0.2) is 0 Å². The molecule has 0 aliphatic heterocycles. The van der Waals surface area contributed by atoms with Crippen LogP contribution in [0.15, 0.2) is 33.8 Å². The highest BCUT2D eigenvalue weighted by Gasteiger charge is 2.20. The summed E-state index contributed by atoms with van der Waals surface area (Å²) < 4.78 is 2.37. The summed E-state index contributed by atoms with van der Waals surface area (Å²) in [6, 6.07) is 5.66. The highest BCUT2D eigenvalue weighted by atomic mass is 79.9. The first-order valence-corrected chi connectivity index (χ1v) is 10.2. The zero-order valence-electron chi connectivity index (χ0n) is 14.3. The van der Waals surface area contributed by atoms with Gasteiger partial charge in [-0.3, -0.25) is 14.2 Å². The van der Waals surface area contributed by atoms with E-state index in [4.69, 9.17) is 0 Å². The highest BCUT2D eigenvalue weighted by Crippen LogP contribution is 2.33. The number of aryl methyl sites for hydroxylation is 3. The van der Waals surface area contributed by atoms with E-state index in [0.717, 1.165) is 45.4 Å². The molecule has 7 heteroatoms. The van der Waals surface area contributed by atoms with Gasteiger partial charge in [0.25, 0.3) is 5.56 Å². The fourth-order valence-corrected chi connectivity index (χ4v) is 5.10. The van der Waals surface area contributed by atoms with Gasteiger partial charge in [0.05, 0.1) is 11.7 Å². The second-order valence-electron chi connectivity index (χ2n) is 6.58. The molecule has 0 bridgehead atoms. The smallest absolute Gasteiger partial charge is 0.262 e. The van der Waals surface area contributed by atoms with Crippen LogP contribution in [-0.2, 0) is 24.2 Å². The lowest BCUT2D eigenvalue weighted by atomic mass is 9.97. The fraction of sp³-hybridized carbons (Fsp3) is 0.316. The summed E-state index contributed by atoms with van der Waals surface area (Å²) in [5, 5.41) is 3.58. The number of nitrogens with zero attached hydrogens (tertiary/aromatic N) is 2. The van der Waals surface area contributed by atoms with Gasteiger partial charge in [0.2, 0.25) is 5.91 Å². The molecule has 0 unspecified atom stereocenters. The molecule has 1 amide bonds. The first kappa shape index (κ1) is 17.4. The molecule has 134 valence electrons. The van der Waals surface area contributed by atoms with Crippen LogP contribution >= 0.6 is 27.3 Å². The Morgan fingerprint density at radius 3 is 2.96 bits per heavy atom. The van der Waals surface area contributed by atoms with Crippen molar-refractivity contribution in [1.29, 1.82) is 0 Å². The standard InChI is InChI=1S/C19H18BrN3O2S/c1-11-8-12(20)6-7-14(11)22-16(24)9-23-10-21-18-17(19(23)25)13-4-2-3-5-15(13)26-18/h6-8,10H,2-5,9H2,1H3,(H,22,24). The Morgan fingerprint density at radius 2 is 2.15 bits per heavy atom. The topological polar surface area (TPSA) is 64.0 Å². The second kappa shape index (κ2) is 6.96. The van der Waals surface area contributed by atoms with Crippen LogP contribution in [0.3, 0.4) is 0 Å². The van der Waals surface area contributed by atoms with Gasteiger partial charge >= 0.3 is 0 Å². The largest absolute Gasteiger partial charge is 0.324 e. The lowest BCUT2D eigenvalue weighted by molar-refractivity contribution is -0.116. The van der Waals surface area contributed by atoms with Gasteiger partial charge in [-0.25, -0.2) is 4.98 Å². The van der Waals surface area contributed by atoms with Gasteiger partial charge < -0.3 is 5.32 Å². The molecule has 2 heterocycles. The SMILES string of the molecule is Cc1cc(Br)ccc1NC(=O)Cn1cnc2sc3c(c2c1=O)CCCC3. The number of aromatic nitrogens is 2. The molecule has 5 nitrogen and oxygen atoms in total. The van der Waals surface area contributed by atoms with Gasteiger partial charge in [-0.1, -0.05) is 15.9 Å². The number of nitrogens with one attached hydrogen (secondary N) is 1. The van der Waals surface area contributed by atoms with Gasteiger partial charge in [0, 0.05) is 15.0 Å². The maximum Gasteiger partial charge on any atom is 0.262 e. The van der Waals surface area contributed by atoms with Gasteiger partial charge in [-0.05, 0) is 61.9 Å². The van der Waals surface area contributed by atoms with E-state index < -0.39 is 0 Å². The first-order chi connectivity index (χ1) is 12.5. The molecular weight excluding hydrogens is 414 g/mol. The number of carbonyl (C=O) groups is 1. The number of rotatable bonds is 3. The Balaban J connectivity index is 1.61. The maximum atomic E-state index is 12.9. The summed E-state index contributed by atoms with van der Waals surface area (Å²) in [4.78, 5) is 31.8. The van der Waals surface area contributed by atoms with Crippen molar-refractivity contribution < 1.29 is 4.79 Å². The zero-order chi connectivity index (χ0) is 18.3. The number of carbonyl (C=O) groups excluding carboxylic acids is 1. The number of amides is 1. The van der Waals surface area contributed by atoms with Crippen molar-refractivity contribution in [2.24, 2.45) is 0 Å². The summed E-state index contributed by atoms with van der Waals surface area (Å²) in [7, 11) is 0. The van der Waals surface area contributed by atoms with Crippen molar-refractivity contribution in [2.75, 3.05) is 5.32 Å². The average molecular weight is 432 g/mol. The minimum Gasteiger partial charge on any atom is -0.324 e. The monoisotopic (exact) mass is 431 g/mol. The predicted octanol–water partition coefficient (Wildman–Crippen LogP) is 4.05. The molecule has 0 saturated carbocycles. The van der Waals surface area contributed by atoms with Gasteiger partial charge in [-0.2, -0.15) is 0 Å². The molecule has 0 saturated heterocycles. The van der Waals surface area contributed by atoms with Crippen LogP contribution in [0.25, 0.3) is 10.2 Å². The number of halogens is 1. The summed E-state index contributed by atoms with van der Waals surface area (Å²) in [5.41, 5.74) is 2.73. The fourth-order valence-electron chi connectivity index (χ4n) is 3.41. The Morgan fingerprint density at radius 1 is 1.35 bits per heavy atom. The van der Waals surface area contributed by atoms with E-state index in [9.17, 15) is 9.59 Å². The second-order valence-corrected chi connectivity index (χ2v) is 8.58. The number of hydrogen-bond donors (Lipinski definition) is 1. The molecule has 1 aliphatic rings. The highest BCUT2D eigenvalue weighted by molar-refractivity contribution is 9.10. The average Bonchev–Trinajstić information content (AvgIpc) is 2.99. The van der Waals surface area contributed by atoms with E-state index in [1.165, 1.54) is 22.2 Å². The van der Waals surface area contributed by atoms with Crippen LogP contribution in [-0.4, -0.2) is 15.5 Å². The lowest BCUT2D eigenvalue weighted by Gasteiger charge is -2.11. The summed E-state index contributed by atoms with van der Waals surface area (Å²) in [6.45, 7) is 1.89. The maximum absolute atomic E-state index is 12.9. The number of fused-ring (bicyclic) bond motifs is 3. The van der Waals surface area contributed by atoms with Crippen molar-refractivity contribution in [3.63, 3.8) is 0 Å². The van der Waals surface area contributed by atoms with Crippen LogP contribution in [0.4, 0.5) is 5.69 Å².